The van der Waals surface area contributed by atoms with E-state index in [0.717, 1.165) is 19.4 Å². The van der Waals surface area contributed by atoms with Gasteiger partial charge in [-0.1, -0.05) is 0 Å². The van der Waals surface area contributed by atoms with Gasteiger partial charge in [-0.2, -0.15) is 0 Å². The lowest BCUT2D eigenvalue weighted by atomic mass is 10.1. The zero-order chi connectivity index (χ0) is 13.7. The zero-order valence-corrected chi connectivity index (χ0v) is 11.2. The summed E-state index contributed by atoms with van der Waals surface area (Å²) in [6.45, 7) is 2.87. The van der Waals surface area contributed by atoms with E-state index in [1.165, 1.54) is 12.8 Å². The monoisotopic (exact) mass is 269 g/mol. The van der Waals surface area contributed by atoms with Crippen LogP contribution in [-0.4, -0.2) is 54.2 Å². The first-order valence-electron chi connectivity index (χ1n) is 7.13. The minimum Gasteiger partial charge on any atom is -0.481 e. The Morgan fingerprint density at radius 2 is 2.00 bits per heavy atom. The molecule has 6 heteroatoms. The van der Waals surface area contributed by atoms with Crippen LogP contribution in [0.4, 0.5) is 4.79 Å². The zero-order valence-electron chi connectivity index (χ0n) is 11.2. The Hall–Kier alpha value is -1.30. The van der Waals surface area contributed by atoms with Crippen molar-refractivity contribution in [3.63, 3.8) is 0 Å². The molecule has 108 valence electrons. The van der Waals surface area contributed by atoms with Crippen molar-refractivity contribution in [1.82, 2.24) is 15.5 Å². The second-order valence-electron chi connectivity index (χ2n) is 5.51. The van der Waals surface area contributed by atoms with Crippen molar-refractivity contribution in [1.29, 1.82) is 0 Å². The van der Waals surface area contributed by atoms with E-state index in [4.69, 9.17) is 5.11 Å². The number of nitrogens with one attached hydrogen (secondary N) is 2. The van der Waals surface area contributed by atoms with Crippen LogP contribution in [0.25, 0.3) is 0 Å². The van der Waals surface area contributed by atoms with Gasteiger partial charge in [0, 0.05) is 32.1 Å². The number of carbonyl (C=O) groups is 2. The number of carbonyl (C=O) groups excluding carboxylic acids is 1. The normalized spacial score (nSPS) is 22.5. The van der Waals surface area contributed by atoms with Gasteiger partial charge in [0.15, 0.2) is 0 Å². The third kappa shape index (κ3) is 5.06. The molecule has 1 heterocycles. The molecule has 0 aromatic heterocycles. The standard InChI is InChI=1S/C13H23N3O3/c17-12(18)8-10-4-7-16(9-10)13(19)15-6-1-5-14-11-2-3-11/h10-11,14H,1-9H2,(H,15,19)(H,17,18). The average molecular weight is 269 g/mol. The molecule has 3 N–H and O–H groups in total. The second-order valence-corrected chi connectivity index (χ2v) is 5.51. The Kier molecular flexibility index (Phi) is 5.01. The van der Waals surface area contributed by atoms with E-state index in [-0.39, 0.29) is 18.4 Å². The van der Waals surface area contributed by atoms with Crippen LogP contribution in [0, 0.1) is 5.92 Å². The molecule has 1 aliphatic carbocycles. The summed E-state index contributed by atoms with van der Waals surface area (Å²) in [6, 6.07) is 0.658. The summed E-state index contributed by atoms with van der Waals surface area (Å²) in [5.41, 5.74) is 0. The Labute approximate surface area is 113 Å². The number of likely N-dealkylation sites (tertiary alicyclic amines) is 1. The molecule has 1 atom stereocenters. The van der Waals surface area contributed by atoms with Crippen LogP contribution in [0.3, 0.4) is 0 Å². The molecule has 0 bridgehead atoms. The summed E-state index contributed by atoms with van der Waals surface area (Å²) in [4.78, 5) is 24.2. The molecular formula is C13H23N3O3. The number of carboxylic acids is 1. The fraction of sp³-hybridized carbons (Fsp3) is 0.846. The molecule has 0 spiro atoms. The van der Waals surface area contributed by atoms with Gasteiger partial charge in [-0.05, 0) is 38.1 Å². The second kappa shape index (κ2) is 6.75. The van der Waals surface area contributed by atoms with Crippen molar-refractivity contribution in [2.45, 2.75) is 38.1 Å². The molecule has 0 aromatic carbocycles. The first-order valence-corrected chi connectivity index (χ1v) is 7.13. The van der Waals surface area contributed by atoms with E-state index < -0.39 is 5.97 Å². The quantitative estimate of drug-likeness (QED) is 0.592. The Balaban J connectivity index is 1.54. The van der Waals surface area contributed by atoms with Gasteiger partial charge in [-0.25, -0.2) is 4.79 Å². The molecule has 0 aromatic rings. The van der Waals surface area contributed by atoms with Gasteiger partial charge in [0.25, 0.3) is 0 Å². The molecule has 1 saturated heterocycles. The summed E-state index contributed by atoms with van der Waals surface area (Å²) in [5.74, 6) is -0.668. The summed E-state index contributed by atoms with van der Waals surface area (Å²) in [6.07, 6.45) is 4.46. The van der Waals surface area contributed by atoms with Crippen molar-refractivity contribution in [3.05, 3.63) is 0 Å². The average Bonchev–Trinajstić information content (AvgIpc) is 3.06. The van der Waals surface area contributed by atoms with Crippen LogP contribution in [0.5, 0.6) is 0 Å². The summed E-state index contributed by atoms with van der Waals surface area (Å²) in [5, 5.41) is 15.0. The van der Waals surface area contributed by atoms with Crippen LogP contribution in [0.15, 0.2) is 0 Å². The first kappa shape index (κ1) is 14.1. The smallest absolute Gasteiger partial charge is 0.317 e. The highest BCUT2D eigenvalue weighted by Gasteiger charge is 2.27. The fourth-order valence-electron chi connectivity index (χ4n) is 2.42. The van der Waals surface area contributed by atoms with Crippen molar-refractivity contribution < 1.29 is 14.7 Å². The van der Waals surface area contributed by atoms with Gasteiger partial charge in [0.05, 0.1) is 0 Å². The molecular weight excluding hydrogens is 246 g/mol. The highest BCUT2D eigenvalue weighted by molar-refractivity contribution is 5.74. The van der Waals surface area contributed by atoms with Crippen molar-refractivity contribution in [2.24, 2.45) is 5.92 Å². The summed E-state index contributed by atoms with van der Waals surface area (Å²) in [7, 11) is 0. The number of hydrogen-bond acceptors (Lipinski definition) is 3. The summed E-state index contributed by atoms with van der Waals surface area (Å²) < 4.78 is 0. The first-order chi connectivity index (χ1) is 9.15. The summed E-state index contributed by atoms with van der Waals surface area (Å²) >= 11 is 0. The molecule has 2 fully saturated rings. The van der Waals surface area contributed by atoms with E-state index in [9.17, 15) is 9.59 Å². The Morgan fingerprint density at radius 3 is 2.68 bits per heavy atom. The van der Waals surface area contributed by atoms with Crippen LogP contribution >= 0.6 is 0 Å². The number of hydrogen-bond donors (Lipinski definition) is 3. The number of carboxylic acid groups (broad SMARTS) is 1. The largest absolute Gasteiger partial charge is 0.481 e. The molecule has 19 heavy (non-hydrogen) atoms. The fourth-order valence-corrected chi connectivity index (χ4v) is 2.42. The lowest BCUT2D eigenvalue weighted by molar-refractivity contribution is -0.138. The lowest BCUT2D eigenvalue weighted by Crippen LogP contribution is -2.39. The third-order valence-electron chi connectivity index (χ3n) is 3.68. The van der Waals surface area contributed by atoms with Gasteiger partial charge in [0.2, 0.25) is 0 Å². The number of nitrogens with zero attached hydrogens (tertiary/aromatic N) is 1. The van der Waals surface area contributed by atoms with Crippen molar-refractivity contribution >= 4 is 12.0 Å². The minimum absolute atomic E-state index is 0.0562. The third-order valence-corrected chi connectivity index (χ3v) is 3.68. The van der Waals surface area contributed by atoms with Crippen LogP contribution in [0.2, 0.25) is 0 Å². The number of rotatable bonds is 7. The molecule has 2 amide bonds. The highest BCUT2D eigenvalue weighted by Crippen LogP contribution is 2.19. The van der Waals surface area contributed by atoms with Gasteiger partial charge in [-0.3, -0.25) is 4.79 Å². The molecule has 1 aliphatic heterocycles. The van der Waals surface area contributed by atoms with E-state index in [1.54, 1.807) is 4.90 Å². The maximum Gasteiger partial charge on any atom is 0.317 e. The van der Waals surface area contributed by atoms with Gasteiger partial charge >= 0.3 is 12.0 Å². The van der Waals surface area contributed by atoms with Gasteiger partial charge in [-0.15, -0.1) is 0 Å². The maximum atomic E-state index is 11.8. The SMILES string of the molecule is O=C(O)CC1CCN(C(=O)NCCCNC2CC2)C1. The van der Waals surface area contributed by atoms with E-state index in [2.05, 4.69) is 10.6 Å². The van der Waals surface area contributed by atoms with Crippen LogP contribution in [-0.2, 0) is 4.79 Å². The maximum absolute atomic E-state index is 11.8. The number of urea groups is 1. The molecule has 1 unspecified atom stereocenters. The van der Waals surface area contributed by atoms with Crippen LogP contribution in [0.1, 0.15) is 32.1 Å². The molecule has 6 nitrogen and oxygen atoms in total. The molecule has 1 saturated carbocycles. The van der Waals surface area contributed by atoms with E-state index in [1.807, 2.05) is 0 Å². The number of aliphatic carboxylic acids is 1. The van der Waals surface area contributed by atoms with Crippen LogP contribution < -0.4 is 10.6 Å². The highest BCUT2D eigenvalue weighted by atomic mass is 16.4. The minimum atomic E-state index is -0.779. The Morgan fingerprint density at radius 1 is 1.21 bits per heavy atom. The predicted octanol–water partition coefficient (Wildman–Crippen LogP) is 0.635. The lowest BCUT2D eigenvalue weighted by Gasteiger charge is -2.17. The molecule has 2 rings (SSSR count). The van der Waals surface area contributed by atoms with Crippen molar-refractivity contribution in [3.8, 4) is 0 Å². The molecule has 2 aliphatic rings. The van der Waals surface area contributed by atoms with E-state index in [0.29, 0.717) is 25.7 Å². The molecule has 0 radical (unpaired) electrons. The van der Waals surface area contributed by atoms with Crippen molar-refractivity contribution in [2.75, 3.05) is 26.2 Å². The Bertz CT molecular complexity index is 331. The van der Waals surface area contributed by atoms with E-state index >= 15 is 0 Å². The number of amides is 2. The topological polar surface area (TPSA) is 81.7 Å². The van der Waals surface area contributed by atoms with Gasteiger partial charge < -0.3 is 20.6 Å². The van der Waals surface area contributed by atoms with Gasteiger partial charge in [0.1, 0.15) is 0 Å². The predicted molar refractivity (Wildman–Crippen MR) is 71.0 cm³/mol.